The predicted octanol–water partition coefficient (Wildman–Crippen LogP) is 5.16. The van der Waals surface area contributed by atoms with E-state index in [9.17, 15) is 14.7 Å². The van der Waals surface area contributed by atoms with Crippen LogP contribution in [0.1, 0.15) is 28.8 Å². The maximum atomic E-state index is 13.2. The van der Waals surface area contributed by atoms with Crippen molar-refractivity contribution >= 4 is 25.3 Å². The van der Waals surface area contributed by atoms with Crippen LogP contribution in [0.15, 0.2) is 84.9 Å². The molecule has 0 bridgehead atoms. The van der Waals surface area contributed by atoms with Crippen molar-refractivity contribution < 1.29 is 19.4 Å². The molecule has 1 aliphatic rings. The zero-order valence-corrected chi connectivity index (χ0v) is 20.1. The Kier molecular flexibility index (Phi) is 6.38. The highest BCUT2D eigenvalue weighted by Gasteiger charge is 2.47. The van der Waals surface area contributed by atoms with Crippen LogP contribution < -0.4 is 5.19 Å². The lowest BCUT2D eigenvalue weighted by Gasteiger charge is -2.44. The van der Waals surface area contributed by atoms with Crippen molar-refractivity contribution in [2.75, 3.05) is 0 Å². The van der Waals surface area contributed by atoms with Gasteiger partial charge in [0.2, 0.25) is 0 Å². The van der Waals surface area contributed by atoms with Crippen molar-refractivity contribution in [2.45, 2.75) is 44.2 Å². The first-order valence-electron chi connectivity index (χ1n) is 11.2. The van der Waals surface area contributed by atoms with E-state index in [1.165, 1.54) is 10.1 Å². The van der Waals surface area contributed by atoms with Crippen LogP contribution in [-0.2, 0) is 16.0 Å². The molecule has 33 heavy (non-hydrogen) atoms. The van der Waals surface area contributed by atoms with E-state index in [4.69, 9.17) is 4.74 Å². The number of hydrogen-bond acceptors (Lipinski definition) is 3. The highest BCUT2D eigenvalue weighted by atomic mass is 28.3. The third-order valence-electron chi connectivity index (χ3n) is 6.15. The molecule has 5 nitrogen and oxygen atoms in total. The molecule has 6 heteroatoms. The Morgan fingerprint density at radius 1 is 0.909 bits per heavy atom. The van der Waals surface area contributed by atoms with Gasteiger partial charge in [-0.2, -0.15) is 0 Å². The standard InChI is InChI=1S/C27H29NO4Si/c1-33(2,3)22-16-10-11-19(17-22)18-23-26(29)32-25(21-14-8-5-9-15-21)24(28(23)27(30)31)20-12-6-4-7-13-20/h4-17,23-25H,18H2,1-3H3,(H,30,31). The fourth-order valence-electron chi connectivity index (χ4n) is 4.42. The van der Waals surface area contributed by atoms with E-state index in [0.29, 0.717) is 0 Å². The number of cyclic esters (lactones) is 1. The van der Waals surface area contributed by atoms with Crippen molar-refractivity contribution in [2.24, 2.45) is 0 Å². The van der Waals surface area contributed by atoms with E-state index in [0.717, 1.165) is 16.7 Å². The van der Waals surface area contributed by atoms with Crippen LogP contribution in [0.4, 0.5) is 4.79 Å². The summed E-state index contributed by atoms with van der Waals surface area (Å²) in [5, 5.41) is 11.6. The number of esters is 1. The predicted molar refractivity (Wildman–Crippen MR) is 131 cm³/mol. The summed E-state index contributed by atoms with van der Waals surface area (Å²) in [6.07, 6.45) is -1.58. The van der Waals surface area contributed by atoms with Crippen LogP contribution in [0.3, 0.4) is 0 Å². The van der Waals surface area contributed by atoms with E-state index in [1.54, 1.807) is 0 Å². The van der Waals surface area contributed by atoms with Crippen molar-refractivity contribution in [1.82, 2.24) is 4.90 Å². The molecule has 3 aromatic rings. The van der Waals surface area contributed by atoms with Crippen LogP contribution in [0.25, 0.3) is 0 Å². The quantitative estimate of drug-likeness (QED) is 0.423. The second-order valence-corrected chi connectivity index (χ2v) is 14.6. The number of carbonyl (C=O) groups is 2. The molecule has 1 aliphatic heterocycles. The molecule has 3 aromatic carbocycles. The fourth-order valence-corrected chi connectivity index (χ4v) is 5.64. The smallest absolute Gasteiger partial charge is 0.408 e. The Hall–Kier alpha value is -3.38. The molecule has 1 saturated heterocycles. The van der Waals surface area contributed by atoms with Gasteiger partial charge in [-0.05, 0) is 16.7 Å². The molecule has 3 atom stereocenters. The van der Waals surface area contributed by atoms with Crippen molar-refractivity contribution in [3.05, 3.63) is 102 Å². The Bertz CT molecular complexity index is 1130. The molecule has 1 fully saturated rings. The lowest BCUT2D eigenvalue weighted by molar-refractivity contribution is -0.172. The van der Waals surface area contributed by atoms with Gasteiger partial charge in [0, 0.05) is 6.42 Å². The SMILES string of the molecule is C[Si](C)(C)c1cccc(CC2C(=O)OC(c3ccccc3)C(c3ccccc3)N2C(=O)O)c1. The summed E-state index contributed by atoms with van der Waals surface area (Å²) >= 11 is 0. The van der Waals surface area contributed by atoms with Gasteiger partial charge in [-0.25, -0.2) is 9.59 Å². The summed E-state index contributed by atoms with van der Waals surface area (Å²) in [4.78, 5) is 27.1. The fraction of sp³-hybridized carbons (Fsp3) is 0.259. The second-order valence-electron chi connectivity index (χ2n) is 9.48. The molecule has 1 amide bonds. The molecule has 0 saturated carbocycles. The first-order valence-corrected chi connectivity index (χ1v) is 14.7. The van der Waals surface area contributed by atoms with Gasteiger partial charge in [0.15, 0.2) is 6.10 Å². The van der Waals surface area contributed by atoms with E-state index in [-0.39, 0.29) is 6.42 Å². The summed E-state index contributed by atoms with van der Waals surface area (Å²) in [6.45, 7) is 6.79. The highest BCUT2D eigenvalue weighted by Crippen LogP contribution is 2.42. The molecule has 0 spiro atoms. The molecule has 170 valence electrons. The number of amides is 1. The number of benzene rings is 3. The Labute approximate surface area is 195 Å². The van der Waals surface area contributed by atoms with Gasteiger partial charge in [-0.15, -0.1) is 0 Å². The highest BCUT2D eigenvalue weighted by molar-refractivity contribution is 6.88. The van der Waals surface area contributed by atoms with Crippen LogP contribution in [-0.4, -0.2) is 36.2 Å². The van der Waals surface area contributed by atoms with Gasteiger partial charge < -0.3 is 9.84 Å². The molecule has 0 aromatic heterocycles. The van der Waals surface area contributed by atoms with Crippen LogP contribution in [0.5, 0.6) is 0 Å². The van der Waals surface area contributed by atoms with Crippen LogP contribution in [0.2, 0.25) is 19.6 Å². The first-order chi connectivity index (χ1) is 15.8. The lowest BCUT2D eigenvalue weighted by atomic mass is 9.90. The zero-order valence-electron chi connectivity index (χ0n) is 19.1. The summed E-state index contributed by atoms with van der Waals surface area (Å²) in [6, 6.07) is 25.4. The van der Waals surface area contributed by atoms with Crippen LogP contribution >= 0.6 is 0 Å². The van der Waals surface area contributed by atoms with Gasteiger partial charge in [-0.1, -0.05) is 110 Å². The van der Waals surface area contributed by atoms with Gasteiger partial charge in [0.05, 0.1) is 8.07 Å². The molecular formula is C27H29NO4Si. The van der Waals surface area contributed by atoms with Crippen molar-refractivity contribution in [3.63, 3.8) is 0 Å². The number of carboxylic acid groups (broad SMARTS) is 1. The zero-order chi connectivity index (χ0) is 23.6. The van der Waals surface area contributed by atoms with Gasteiger partial charge in [0.25, 0.3) is 0 Å². The first kappa shape index (κ1) is 22.8. The summed E-state index contributed by atoms with van der Waals surface area (Å²) in [7, 11) is -1.55. The minimum absolute atomic E-state index is 0.272. The van der Waals surface area contributed by atoms with Gasteiger partial charge >= 0.3 is 12.1 Å². The second kappa shape index (κ2) is 9.23. The summed E-state index contributed by atoms with van der Waals surface area (Å²) in [5.41, 5.74) is 2.50. The molecule has 0 aliphatic carbocycles. The minimum atomic E-state index is -1.55. The number of morpholine rings is 1. The monoisotopic (exact) mass is 459 g/mol. The van der Waals surface area contributed by atoms with E-state index >= 15 is 0 Å². The van der Waals surface area contributed by atoms with Gasteiger partial charge in [0.1, 0.15) is 12.1 Å². The Morgan fingerprint density at radius 2 is 1.52 bits per heavy atom. The average Bonchev–Trinajstić information content (AvgIpc) is 2.80. The minimum Gasteiger partial charge on any atom is -0.465 e. The van der Waals surface area contributed by atoms with Crippen molar-refractivity contribution in [3.8, 4) is 0 Å². The molecule has 4 rings (SSSR count). The number of nitrogens with zero attached hydrogens (tertiary/aromatic N) is 1. The Balaban J connectivity index is 1.76. The number of rotatable bonds is 5. The third kappa shape index (κ3) is 4.86. The molecular weight excluding hydrogens is 430 g/mol. The normalized spacial score (nSPS) is 20.9. The van der Waals surface area contributed by atoms with Gasteiger partial charge in [-0.3, -0.25) is 4.90 Å². The third-order valence-corrected chi connectivity index (χ3v) is 8.19. The van der Waals surface area contributed by atoms with Crippen LogP contribution in [0, 0.1) is 0 Å². The topological polar surface area (TPSA) is 66.8 Å². The maximum Gasteiger partial charge on any atom is 0.408 e. The molecule has 1 N–H and O–H groups in total. The number of hydrogen-bond donors (Lipinski definition) is 1. The van der Waals surface area contributed by atoms with E-state index in [2.05, 4.69) is 31.8 Å². The summed E-state index contributed by atoms with van der Waals surface area (Å²) in [5.74, 6) is -0.517. The Morgan fingerprint density at radius 3 is 2.09 bits per heavy atom. The summed E-state index contributed by atoms with van der Waals surface area (Å²) < 4.78 is 5.97. The number of carbonyl (C=O) groups excluding carboxylic acids is 1. The molecule has 1 heterocycles. The lowest BCUT2D eigenvalue weighted by Crippen LogP contribution is -2.54. The van der Waals surface area contributed by atoms with E-state index in [1.807, 2.05) is 72.8 Å². The van der Waals surface area contributed by atoms with Crippen molar-refractivity contribution in [1.29, 1.82) is 0 Å². The maximum absolute atomic E-state index is 13.2. The molecule has 0 radical (unpaired) electrons. The number of ether oxygens (including phenoxy) is 1. The van der Waals surface area contributed by atoms with E-state index < -0.39 is 38.3 Å². The molecule has 3 unspecified atom stereocenters. The average molecular weight is 460 g/mol. The largest absolute Gasteiger partial charge is 0.465 e.